The van der Waals surface area contributed by atoms with E-state index in [1.54, 1.807) is 6.21 Å². The highest BCUT2D eigenvalue weighted by Gasteiger charge is 2.20. The summed E-state index contributed by atoms with van der Waals surface area (Å²) in [6, 6.07) is 0. The third-order valence-corrected chi connectivity index (χ3v) is 5.47. The molecule has 0 aliphatic carbocycles. The van der Waals surface area contributed by atoms with Crippen molar-refractivity contribution in [2.75, 3.05) is 20.1 Å². The molecule has 0 saturated heterocycles. The number of hydrogen-bond acceptors (Lipinski definition) is 5. The third-order valence-electron chi connectivity index (χ3n) is 5.47. The quantitative estimate of drug-likeness (QED) is 0.0495. The van der Waals surface area contributed by atoms with Gasteiger partial charge in [-0.2, -0.15) is 5.10 Å². The largest absolute Gasteiger partial charge is 0.324 e. The van der Waals surface area contributed by atoms with E-state index < -0.39 is 0 Å². The Morgan fingerprint density at radius 3 is 2.21 bits per heavy atom. The van der Waals surface area contributed by atoms with Gasteiger partial charge in [-0.05, 0) is 89.4 Å². The van der Waals surface area contributed by atoms with Crippen molar-refractivity contribution in [3.63, 3.8) is 0 Å². The van der Waals surface area contributed by atoms with Gasteiger partial charge in [0.05, 0.1) is 17.0 Å². The zero-order valence-electron chi connectivity index (χ0n) is 22.6. The molecule has 2 N–H and O–H groups in total. The number of unbranched alkanes of at least 4 members (excludes halogenated alkanes) is 4. The van der Waals surface area contributed by atoms with E-state index in [0.29, 0.717) is 0 Å². The van der Waals surface area contributed by atoms with E-state index in [2.05, 4.69) is 65.9 Å². The lowest BCUT2D eigenvalue weighted by Gasteiger charge is -2.17. The summed E-state index contributed by atoms with van der Waals surface area (Å²) < 4.78 is 1.97. The van der Waals surface area contributed by atoms with Crippen LogP contribution in [-0.2, 0) is 0 Å². The summed E-state index contributed by atoms with van der Waals surface area (Å²) >= 11 is 0. The fourth-order valence-corrected chi connectivity index (χ4v) is 3.31. The molecule has 0 aromatic carbocycles. The molecule has 6 nitrogen and oxygen atoms in total. The van der Waals surface area contributed by atoms with Crippen LogP contribution in [0.25, 0.3) is 0 Å². The first-order valence-electron chi connectivity index (χ1n) is 12.6. The summed E-state index contributed by atoms with van der Waals surface area (Å²) in [5, 5.41) is 8.46. The molecule has 0 heterocycles. The van der Waals surface area contributed by atoms with E-state index in [9.17, 15) is 0 Å². The van der Waals surface area contributed by atoms with E-state index in [1.807, 2.05) is 11.7 Å². The standard InChI is InChI=1S/C27H49N6/c1-9-13-15-19-30-27(23(6)18-10-2)25(24(7)32-33(8)12-4)26(22(5)11-3)29-20-16-14-17-21-31-28/h11,19,21H,9-10,12-18,20,28H2,1-8H3/q+1. The SMILES string of the molecule is CC=C(C)C(=NCCCCC=NN)C(=C(C)N=[N+](C)CC)C(N=CCCCC)=C(C)CCC. The monoisotopic (exact) mass is 457 g/mol. The smallest absolute Gasteiger partial charge is 0.165 e. The van der Waals surface area contributed by atoms with E-state index in [4.69, 9.17) is 20.9 Å². The average Bonchev–Trinajstić information content (AvgIpc) is 2.80. The number of aliphatic imine (C=N–C) groups is 2. The van der Waals surface area contributed by atoms with Crippen LogP contribution < -0.4 is 5.84 Å². The van der Waals surface area contributed by atoms with Crippen LogP contribution in [0.5, 0.6) is 0 Å². The summed E-state index contributed by atoms with van der Waals surface area (Å²) in [5.74, 6) is 5.21. The Hall–Kier alpha value is -2.37. The Morgan fingerprint density at radius 1 is 0.939 bits per heavy atom. The lowest BCUT2D eigenvalue weighted by molar-refractivity contribution is -0.560. The van der Waals surface area contributed by atoms with Crippen LogP contribution in [-0.4, -0.2) is 43.0 Å². The molecule has 0 rings (SSSR count). The van der Waals surface area contributed by atoms with Crippen LogP contribution >= 0.6 is 0 Å². The number of nitrogens with zero attached hydrogens (tertiary/aromatic N) is 5. The fourth-order valence-electron chi connectivity index (χ4n) is 3.31. The van der Waals surface area contributed by atoms with Crippen molar-refractivity contribution in [1.29, 1.82) is 0 Å². The Morgan fingerprint density at radius 2 is 1.64 bits per heavy atom. The van der Waals surface area contributed by atoms with E-state index >= 15 is 0 Å². The number of allylic oxidation sites excluding steroid dienone is 5. The normalized spacial score (nSPS) is 15.5. The summed E-state index contributed by atoms with van der Waals surface area (Å²) in [7, 11) is 2.01. The maximum absolute atomic E-state index is 5.21. The Bertz CT molecular complexity index is 778. The Labute approximate surface area is 203 Å². The molecule has 0 unspecified atom stereocenters. The summed E-state index contributed by atoms with van der Waals surface area (Å²) in [6.07, 6.45) is 14.2. The topological polar surface area (TPSA) is 78.5 Å². The molecule has 33 heavy (non-hydrogen) atoms. The van der Waals surface area contributed by atoms with Crippen molar-refractivity contribution in [3.8, 4) is 0 Å². The van der Waals surface area contributed by atoms with Crippen LogP contribution in [0.15, 0.2) is 54.4 Å². The average molecular weight is 458 g/mol. The van der Waals surface area contributed by atoms with Crippen molar-refractivity contribution >= 4 is 18.1 Å². The van der Waals surface area contributed by atoms with Crippen molar-refractivity contribution in [3.05, 3.63) is 34.2 Å². The summed E-state index contributed by atoms with van der Waals surface area (Å²) in [4.78, 5) is 10.1. The minimum Gasteiger partial charge on any atom is -0.324 e. The maximum Gasteiger partial charge on any atom is 0.165 e. The van der Waals surface area contributed by atoms with Crippen molar-refractivity contribution in [2.45, 2.75) is 99.8 Å². The number of hydrazone groups is 1. The third kappa shape index (κ3) is 12.4. The fraction of sp³-hybridized carbons (Fsp3) is 0.667. The predicted molar refractivity (Wildman–Crippen MR) is 146 cm³/mol. The molecule has 0 aromatic rings. The highest BCUT2D eigenvalue weighted by molar-refractivity contribution is 6.15. The molecule has 0 fully saturated rings. The first-order chi connectivity index (χ1) is 15.9. The Kier molecular flexibility index (Phi) is 17.8. The predicted octanol–water partition coefficient (Wildman–Crippen LogP) is 7.23. The molecule has 0 radical (unpaired) electrons. The van der Waals surface area contributed by atoms with E-state index in [1.165, 1.54) is 5.57 Å². The second kappa shape index (κ2) is 19.1. The van der Waals surface area contributed by atoms with Gasteiger partial charge in [-0.3, -0.25) is 9.98 Å². The zero-order valence-corrected chi connectivity index (χ0v) is 22.6. The molecule has 0 spiro atoms. The lowest BCUT2D eigenvalue weighted by atomic mass is 9.94. The second-order valence-corrected chi connectivity index (χ2v) is 8.40. The molecular weight excluding hydrogens is 408 g/mol. The molecule has 0 amide bonds. The van der Waals surface area contributed by atoms with Gasteiger partial charge in [0.2, 0.25) is 0 Å². The van der Waals surface area contributed by atoms with Crippen LogP contribution in [0, 0.1) is 0 Å². The second-order valence-electron chi connectivity index (χ2n) is 8.40. The van der Waals surface area contributed by atoms with Crippen molar-refractivity contribution in [2.24, 2.45) is 26.0 Å². The van der Waals surface area contributed by atoms with Gasteiger partial charge < -0.3 is 5.84 Å². The van der Waals surface area contributed by atoms with Crippen LogP contribution in [0.3, 0.4) is 0 Å². The molecule has 6 heteroatoms. The highest BCUT2D eigenvalue weighted by atomic mass is 15.2. The number of rotatable bonds is 16. The van der Waals surface area contributed by atoms with Crippen LogP contribution in [0.4, 0.5) is 0 Å². The number of nitrogens with two attached hydrogens (primary N) is 1. The first kappa shape index (κ1) is 30.6. The van der Waals surface area contributed by atoms with Crippen molar-refractivity contribution < 1.29 is 4.70 Å². The van der Waals surface area contributed by atoms with E-state index in [0.717, 1.165) is 92.7 Å². The molecule has 0 saturated carbocycles. The van der Waals surface area contributed by atoms with Gasteiger partial charge in [0.15, 0.2) is 13.6 Å². The first-order valence-corrected chi connectivity index (χ1v) is 12.6. The Balaban J connectivity index is 6.68. The van der Waals surface area contributed by atoms with Gasteiger partial charge in [-0.15, -0.1) is 4.70 Å². The molecule has 0 aromatic heterocycles. The van der Waals surface area contributed by atoms with Crippen molar-refractivity contribution in [1.82, 2.24) is 0 Å². The van der Waals surface area contributed by atoms with Crippen LogP contribution in [0.1, 0.15) is 99.8 Å². The number of azo groups is 2. The van der Waals surface area contributed by atoms with Gasteiger partial charge >= 0.3 is 0 Å². The molecule has 186 valence electrons. The number of hydrogen-bond donors (Lipinski definition) is 1. The molecule has 0 atom stereocenters. The van der Waals surface area contributed by atoms with Crippen LogP contribution in [0.2, 0.25) is 0 Å². The van der Waals surface area contributed by atoms with Gasteiger partial charge in [0.1, 0.15) is 5.70 Å². The van der Waals surface area contributed by atoms with E-state index in [-0.39, 0.29) is 0 Å². The van der Waals surface area contributed by atoms with Gasteiger partial charge in [-0.1, -0.05) is 32.8 Å². The minimum atomic E-state index is 0.749. The van der Waals surface area contributed by atoms with Gasteiger partial charge in [0, 0.05) is 19.0 Å². The zero-order chi connectivity index (χ0) is 25.1. The molecule has 0 aliphatic heterocycles. The maximum atomic E-state index is 5.21. The molecule has 0 aliphatic rings. The van der Waals surface area contributed by atoms with Gasteiger partial charge in [-0.25, -0.2) is 0 Å². The summed E-state index contributed by atoms with van der Waals surface area (Å²) in [6.45, 7) is 16.6. The summed E-state index contributed by atoms with van der Waals surface area (Å²) in [5.41, 5.74) is 6.45. The minimum absolute atomic E-state index is 0.749. The highest BCUT2D eigenvalue weighted by Crippen LogP contribution is 2.28. The molecule has 0 bridgehead atoms. The molecular formula is C27H49N6+. The van der Waals surface area contributed by atoms with Gasteiger partial charge in [0.25, 0.3) is 0 Å². The lowest BCUT2D eigenvalue weighted by Crippen LogP contribution is -2.13.